The molecule has 29 heavy (non-hydrogen) atoms. The van der Waals surface area contributed by atoms with Gasteiger partial charge in [-0.25, -0.2) is 4.98 Å². The zero-order valence-corrected chi connectivity index (χ0v) is 17.4. The molecule has 0 unspecified atom stereocenters. The minimum atomic E-state index is -0.132. The van der Waals surface area contributed by atoms with Gasteiger partial charge in [-0.05, 0) is 38.3 Å². The van der Waals surface area contributed by atoms with Crippen LogP contribution in [0, 0.1) is 18.3 Å². The topological polar surface area (TPSA) is 74.1 Å². The van der Waals surface area contributed by atoms with Gasteiger partial charge in [0.1, 0.15) is 11.1 Å². The van der Waals surface area contributed by atoms with E-state index in [2.05, 4.69) is 11.1 Å². The third kappa shape index (κ3) is 4.30. The van der Waals surface area contributed by atoms with Gasteiger partial charge in [0.15, 0.2) is 5.78 Å². The molecule has 6 heteroatoms. The minimum absolute atomic E-state index is 0.0622. The number of pyridine rings is 1. The monoisotopic (exact) mass is 403 g/mol. The molecule has 5 nitrogen and oxygen atoms in total. The summed E-state index contributed by atoms with van der Waals surface area (Å²) in [4.78, 5) is 30.8. The quantitative estimate of drug-likeness (QED) is 0.438. The summed E-state index contributed by atoms with van der Waals surface area (Å²) >= 11 is 1.22. The number of nitriles is 1. The van der Waals surface area contributed by atoms with Gasteiger partial charge in [-0.15, -0.1) is 0 Å². The van der Waals surface area contributed by atoms with Crippen LogP contribution in [0.15, 0.2) is 53.6 Å². The first-order valence-electron chi connectivity index (χ1n) is 9.29. The van der Waals surface area contributed by atoms with Gasteiger partial charge in [-0.2, -0.15) is 5.26 Å². The van der Waals surface area contributed by atoms with Crippen molar-refractivity contribution in [2.75, 3.05) is 17.2 Å². The van der Waals surface area contributed by atoms with Crippen LogP contribution >= 0.6 is 11.8 Å². The van der Waals surface area contributed by atoms with Crippen molar-refractivity contribution in [3.63, 3.8) is 0 Å². The number of carbonyl (C=O) groups is 2. The highest BCUT2D eigenvalue weighted by Crippen LogP contribution is 2.28. The second-order valence-electron chi connectivity index (χ2n) is 6.57. The van der Waals surface area contributed by atoms with E-state index in [1.807, 2.05) is 49.4 Å². The Balaban J connectivity index is 1.85. The van der Waals surface area contributed by atoms with Gasteiger partial charge >= 0.3 is 0 Å². The lowest BCUT2D eigenvalue weighted by molar-refractivity contribution is -0.116. The van der Waals surface area contributed by atoms with Crippen molar-refractivity contribution in [3.05, 3.63) is 65.4 Å². The molecule has 0 bridgehead atoms. The molecule has 146 valence electrons. The molecule has 1 aromatic heterocycles. The van der Waals surface area contributed by atoms with Crippen molar-refractivity contribution in [2.24, 2.45) is 0 Å². The normalized spacial score (nSPS) is 10.6. The molecule has 0 saturated heterocycles. The first-order valence-corrected chi connectivity index (χ1v) is 10.3. The van der Waals surface area contributed by atoms with Gasteiger partial charge < -0.3 is 4.90 Å². The van der Waals surface area contributed by atoms with Crippen molar-refractivity contribution >= 4 is 39.9 Å². The third-order valence-electron chi connectivity index (χ3n) is 4.68. The lowest BCUT2D eigenvalue weighted by Gasteiger charge is -2.22. The van der Waals surface area contributed by atoms with E-state index >= 15 is 0 Å². The van der Waals surface area contributed by atoms with E-state index in [4.69, 9.17) is 0 Å². The Morgan fingerprint density at radius 1 is 1.17 bits per heavy atom. The van der Waals surface area contributed by atoms with Gasteiger partial charge in [0.25, 0.3) is 0 Å². The van der Waals surface area contributed by atoms with Gasteiger partial charge in [-0.3, -0.25) is 9.59 Å². The van der Waals surface area contributed by atoms with Crippen molar-refractivity contribution in [1.29, 1.82) is 5.26 Å². The summed E-state index contributed by atoms with van der Waals surface area (Å²) in [6.45, 7) is 5.66. The summed E-state index contributed by atoms with van der Waals surface area (Å²) < 4.78 is 0. The molecule has 0 fully saturated rings. The highest BCUT2D eigenvalue weighted by atomic mass is 32.2. The molecule has 0 N–H and O–H groups in total. The Kier molecular flexibility index (Phi) is 6.30. The Bertz CT molecular complexity index is 1130. The number of thioether (sulfide) groups is 1. The predicted molar refractivity (Wildman–Crippen MR) is 116 cm³/mol. The van der Waals surface area contributed by atoms with Crippen LogP contribution in [0.25, 0.3) is 10.8 Å². The number of fused-ring (bicyclic) bond motifs is 1. The van der Waals surface area contributed by atoms with E-state index in [0.29, 0.717) is 28.4 Å². The molecule has 0 radical (unpaired) electrons. The lowest BCUT2D eigenvalue weighted by Crippen LogP contribution is -2.32. The van der Waals surface area contributed by atoms with Gasteiger partial charge in [0.05, 0.1) is 17.0 Å². The largest absolute Gasteiger partial charge is 0.311 e. The van der Waals surface area contributed by atoms with Crippen LogP contribution in [0.3, 0.4) is 0 Å². The lowest BCUT2D eigenvalue weighted by atomic mass is 10.1. The Hall–Kier alpha value is -3.17. The van der Waals surface area contributed by atoms with Crippen molar-refractivity contribution in [2.45, 2.75) is 25.8 Å². The molecule has 0 aliphatic rings. The smallest absolute Gasteiger partial charge is 0.237 e. The number of ketones is 1. The summed E-state index contributed by atoms with van der Waals surface area (Å²) in [5, 5.41) is 12.0. The number of benzene rings is 2. The highest BCUT2D eigenvalue weighted by molar-refractivity contribution is 8.00. The van der Waals surface area contributed by atoms with E-state index in [0.717, 1.165) is 16.5 Å². The SMILES string of the molecule is CCN(C(=O)CSc1nc(C)c(C(C)=O)cc1C#N)c1cccc2ccccc12. The number of hydrogen-bond acceptors (Lipinski definition) is 5. The van der Waals surface area contributed by atoms with E-state index in [1.165, 1.54) is 18.7 Å². The van der Waals surface area contributed by atoms with Crippen LogP contribution in [0.4, 0.5) is 5.69 Å². The molecule has 0 saturated carbocycles. The number of hydrogen-bond donors (Lipinski definition) is 0. The number of Topliss-reactive ketones (excluding diaryl/α,β-unsaturated/α-hetero) is 1. The first kappa shape index (κ1) is 20.6. The van der Waals surface area contributed by atoms with Crippen molar-refractivity contribution in [1.82, 2.24) is 4.98 Å². The zero-order valence-electron chi connectivity index (χ0n) is 16.6. The molecule has 3 rings (SSSR count). The average Bonchev–Trinajstić information content (AvgIpc) is 2.72. The number of nitrogens with zero attached hydrogens (tertiary/aromatic N) is 3. The van der Waals surface area contributed by atoms with Crippen molar-refractivity contribution < 1.29 is 9.59 Å². The standard InChI is InChI=1S/C23H21N3O2S/c1-4-26(21-11-7-9-17-8-5-6-10-19(17)21)22(28)14-29-23-18(13-24)12-20(16(3)27)15(2)25-23/h5-12H,4,14H2,1-3H3. The molecular weight excluding hydrogens is 382 g/mol. The van der Waals surface area contributed by atoms with Gasteiger partial charge in [0, 0.05) is 23.2 Å². The van der Waals surface area contributed by atoms with E-state index in [-0.39, 0.29) is 17.4 Å². The number of rotatable bonds is 6. The fourth-order valence-electron chi connectivity index (χ4n) is 3.26. The molecule has 3 aromatic rings. The number of anilines is 1. The summed E-state index contributed by atoms with van der Waals surface area (Å²) in [5.74, 6) is -0.0440. The summed E-state index contributed by atoms with van der Waals surface area (Å²) in [5.41, 5.74) is 2.18. The summed E-state index contributed by atoms with van der Waals surface area (Å²) in [6.07, 6.45) is 0. The molecular formula is C23H21N3O2S. The second kappa shape index (κ2) is 8.89. The van der Waals surface area contributed by atoms with Crippen LogP contribution in [0.1, 0.15) is 35.5 Å². The molecule has 1 heterocycles. The first-order chi connectivity index (χ1) is 14.0. The van der Waals surface area contributed by atoms with Crippen LogP contribution in [0.5, 0.6) is 0 Å². The minimum Gasteiger partial charge on any atom is -0.311 e. The number of carbonyl (C=O) groups excluding carboxylic acids is 2. The molecule has 2 aromatic carbocycles. The molecule has 0 aliphatic heterocycles. The van der Waals surface area contributed by atoms with E-state index < -0.39 is 0 Å². The molecule has 0 spiro atoms. The van der Waals surface area contributed by atoms with Crippen LogP contribution in [-0.4, -0.2) is 29.0 Å². The summed E-state index contributed by atoms with van der Waals surface area (Å²) in [6, 6.07) is 17.5. The fourth-order valence-corrected chi connectivity index (χ4v) is 4.14. The fraction of sp³-hybridized carbons (Fsp3) is 0.217. The third-order valence-corrected chi connectivity index (χ3v) is 5.66. The van der Waals surface area contributed by atoms with Gasteiger partial charge in [-0.1, -0.05) is 48.2 Å². The van der Waals surface area contributed by atoms with Crippen LogP contribution < -0.4 is 4.90 Å². The Morgan fingerprint density at radius 3 is 2.59 bits per heavy atom. The summed E-state index contributed by atoms with van der Waals surface area (Å²) in [7, 11) is 0. The zero-order chi connectivity index (χ0) is 21.0. The second-order valence-corrected chi connectivity index (χ2v) is 7.53. The number of amides is 1. The molecule has 0 atom stereocenters. The number of aryl methyl sites for hydroxylation is 1. The van der Waals surface area contributed by atoms with Crippen LogP contribution in [0.2, 0.25) is 0 Å². The van der Waals surface area contributed by atoms with Crippen LogP contribution in [-0.2, 0) is 4.79 Å². The highest BCUT2D eigenvalue weighted by Gasteiger charge is 2.19. The van der Waals surface area contributed by atoms with Gasteiger partial charge in [0.2, 0.25) is 5.91 Å². The molecule has 1 amide bonds. The maximum atomic E-state index is 13.0. The van der Waals surface area contributed by atoms with Crippen molar-refractivity contribution in [3.8, 4) is 6.07 Å². The molecule has 0 aliphatic carbocycles. The predicted octanol–water partition coefficient (Wildman–Crippen LogP) is 4.76. The van der Waals surface area contributed by atoms with E-state index in [9.17, 15) is 14.9 Å². The Labute approximate surface area is 174 Å². The van der Waals surface area contributed by atoms with E-state index in [1.54, 1.807) is 17.9 Å². The average molecular weight is 404 g/mol. The maximum Gasteiger partial charge on any atom is 0.237 e. The maximum absolute atomic E-state index is 13.0. The number of aromatic nitrogens is 1. The Morgan fingerprint density at radius 2 is 1.90 bits per heavy atom.